The van der Waals surface area contributed by atoms with Crippen LogP contribution in [0.1, 0.15) is 21.5 Å². The molecule has 6 heteroatoms. The Balaban J connectivity index is 2.17. The van der Waals surface area contributed by atoms with Gasteiger partial charge in [0.1, 0.15) is 0 Å². The highest BCUT2D eigenvalue weighted by Gasteiger charge is 2.18. The number of nitrogens with one attached hydrogen (secondary N) is 2. The SMILES string of the molecule is CS(=O)(=O)NCc1ccc2c(c1)CNC2=O. The van der Waals surface area contributed by atoms with Gasteiger partial charge in [0.25, 0.3) is 5.91 Å². The summed E-state index contributed by atoms with van der Waals surface area (Å²) in [5, 5.41) is 2.71. The van der Waals surface area contributed by atoms with Crippen molar-refractivity contribution in [3.05, 3.63) is 34.9 Å². The third-order valence-electron chi connectivity index (χ3n) is 2.39. The largest absolute Gasteiger partial charge is 0.348 e. The number of sulfonamides is 1. The summed E-state index contributed by atoms with van der Waals surface area (Å²) in [7, 11) is -3.18. The number of amides is 1. The van der Waals surface area contributed by atoms with Crippen molar-refractivity contribution < 1.29 is 13.2 Å². The molecule has 2 rings (SSSR count). The first kappa shape index (κ1) is 11.1. The first-order valence-electron chi connectivity index (χ1n) is 4.80. The van der Waals surface area contributed by atoms with E-state index in [2.05, 4.69) is 10.0 Å². The zero-order valence-electron chi connectivity index (χ0n) is 8.78. The molecule has 2 N–H and O–H groups in total. The number of fused-ring (bicyclic) bond motifs is 1. The fraction of sp³-hybridized carbons (Fsp3) is 0.300. The Hall–Kier alpha value is -1.40. The van der Waals surface area contributed by atoms with Crippen molar-refractivity contribution in [3.8, 4) is 0 Å². The summed E-state index contributed by atoms with van der Waals surface area (Å²) >= 11 is 0. The lowest BCUT2D eigenvalue weighted by atomic mass is 10.1. The maximum absolute atomic E-state index is 11.3. The van der Waals surface area contributed by atoms with Crippen LogP contribution in [0, 0.1) is 0 Å². The van der Waals surface area contributed by atoms with Gasteiger partial charge in [-0.05, 0) is 17.2 Å². The van der Waals surface area contributed by atoms with Gasteiger partial charge in [0, 0.05) is 18.7 Å². The maximum atomic E-state index is 11.3. The van der Waals surface area contributed by atoms with Crippen LogP contribution in [0.15, 0.2) is 18.2 Å². The molecule has 0 aliphatic carbocycles. The van der Waals surface area contributed by atoms with Gasteiger partial charge in [-0.25, -0.2) is 13.1 Å². The standard InChI is InChI=1S/C10H12N2O3S/c1-16(14,15)12-5-7-2-3-9-8(4-7)6-11-10(9)13/h2-4,12H,5-6H2,1H3,(H,11,13). The Kier molecular flexibility index (Phi) is 2.69. The average molecular weight is 240 g/mol. The summed E-state index contributed by atoms with van der Waals surface area (Å²) in [6.07, 6.45) is 1.12. The van der Waals surface area contributed by atoms with Crippen LogP contribution in [-0.4, -0.2) is 20.6 Å². The normalized spacial score (nSPS) is 14.7. The van der Waals surface area contributed by atoms with Gasteiger partial charge in [-0.2, -0.15) is 0 Å². The molecular formula is C10H12N2O3S. The fourth-order valence-electron chi connectivity index (χ4n) is 1.61. The molecule has 1 aliphatic heterocycles. The number of hydrogen-bond donors (Lipinski definition) is 2. The number of hydrogen-bond acceptors (Lipinski definition) is 3. The van der Waals surface area contributed by atoms with Gasteiger partial charge in [-0.15, -0.1) is 0 Å². The second kappa shape index (κ2) is 3.88. The zero-order valence-corrected chi connectivity index (χ0v) is 9.60. The van der Waals surface area contributed by atoms with Crippen LogP contribution in [0.5, 0.6) is 0 Å². The molecule has 86 valence electrons. The third-order valence-corrected chi connectivity index (χ3v) is 3.06. The van der Waals surface area contributed by atoms with Crippen molar-refractivity contribution in [2.75, 3.05) is 6.26 Å². The minimum Gasteiger partial charge on any atom is -0.348 e. The Morgan fingerprint density at radius 2 is 2.19 bits per heavy atom. The number of benzene rings is 1. The van der Waals surface area contributed by atoms with Crippen molar-refractivity contribution in [3.63, 3.8) is 0 Å². The quantitative estimate of drug-likeness (QED) is 0.779. The molecule has 0 bridgehead atoms. The molecule has 0 unspecified atom stereocenters. The van der Waals surface area contributed by atoms with Crippen molar-refractivity contribution in [2.45, 2.75) is 13.1 Å². The molecule has 0 spiro atoms. The molecule has 1 aromatic rings. The highest BCUT2D eigenvalue weighted by atomic mass is 32.2. The van der Waals surface area contributed by atoms with Crippen LogP contribution in [0.3, 0.4) is 0 Å². The molecule has 0 atom stereocenters. The Labute approximate surface area is 93.9 Å². The van der Waals surface area contributed by atoms with Crippen molar-refractivity contribution in [1.29, 1.82) is 0 Å². The van der Waals surface area contributed by atoms with E-state index >= 15 is 0 Å². The number of carbonyl (C=O) groups is 1. The highest BCUT2D eigenvalue weighted by molar-refractivity contribution is 7.88. The topological polar surface area (TPSA) is 75.3 Å². The van der Waals surface area contributed by atoms with E-state index in [1.54, 1.807) is 12.1 Å². The van der Waals surface area contributed by atoms with E-state index in [-0.39, 0.29) is 12.5 Å². The number of rotatable bonds is 3. The molecule has 0 fully saturated rings. The van der Waals surface area contributed by atoms with Crippen LogP contribution in [0.2, 0.25) is 0 Å². The molecule has 1 heterocycles. The van der Waals surface area contributed by atoms with Crippen LogP contribution in [0.4, 0.5) is 0 Å². The van der Waals surface area contributed by atoms with Crippen LogP contribution < -0.4 is 10.0 Å². The summed E-state index contributed by atoms with van der Waals surface area (Å²) in [6, 6.07) is 5.31. The molecule has 1 aliphatic rings. The lowest BCUT2D eigenvalue weighted by Crippen LogP contribution is -2.21. The number of carbonyl (C=O) groups excluding carboxylic acids is 1. The van der Waals surface area contributed by atoms with Crippen LogP contribution >= 0.6 is 0 Å². The van der Waals surface area contributed by atoms with Crippen molar-refractivity contribution in [1.82, 2.24) is 10.0 Å². The van der Waals surface area contributed by atoms with Crippen molar-refractivity contribution >= 4 is 15.9 Å². The van der Waals surface area contributed by atoms with Crippen molar-refractivity contribution in [2.24, 2.45) is 0 Å². The summed E-state index contributed by atoms with van der Waals surface area (Å²) in [6.45, 7) is 0.765. The molecule has 1 amide bonds. The predicted molar refractivity (Wildman–Crippen MR) is 59.3 cm³/mol. The third kappa shape index (κ3) is 2.40. The molecule has 0 saturated heterocycles. The van der Waals surface area contributed by atoms with Gasteiger partial charge in [-0.3, -0.25) is 4.79 Å². The monoisotopic (exact) mass is 240 g/mol. The summed E-state index contributed by atoms with van der Waals surface area (Å²) in [5.74, 6) is -0.0716. The summed E-state index contributed by atoms with van der Waals surface area (Å²) in [4.78, 5) is 11.3. The molecule has 16 heavy (non-hydrogen) atoms. The van der Waals surface area contributed by atoms with E-state index < -0.39 is 10.0 Å². The zero-order chi connectivity index (χ0) is 11.8. The second-order valence-corrected chi connectivity index (χ2v) is 5.60. The van der Waals surface area contributed by atoms with E-state index in [1.807, 2.05) is 6.07 Å². The molecular weight excluding hydrogens is 228 g/mol. The Bertz CT molecular complexity index is 537. The maximum Gasteiger partial charge on any atom is 0.251 e. The van der Waals surface area contributed by atoms with Gasteiger partial charge in [0.2, 0.25) is 10.0 Å². The van der Waals surface area contributed by atoms with Gasteiger partial charge in [0.15, 0.2) is 0 Å². The van der Waals surface area contributed by atoms with Gasteiger partial charge >= 0.3 is 0 Å². The highest BCUT2D eigenvalue weighted by Crippen LogP contribution is 2.17. The van der Waals surface area contributed by atoms with Crippen LogP contribution in [0.25, 0.3) is 0 Å². The predicted octanol–water partition coefficient (Wildman–Crippen LogP) is -0.0208. The summed E-state index contributed by atoms with van der Waals surface area (Å²) in [5.41, 5.74) is 2.43. The Morgan fingerprint density at radius 3 is 2.88 bits per heavy atom. The van der Waals surface area contributed by atoms with Gasteiger partial charge in [0.05, 0.1) is 6.26 Å². The van der Waals surface area contributed by atoms with E-state index in [1.165, 1.54) is 0 Å². The summed E-state index contributed by atoms with van der Waals surface area (Å²) < 4.78 is 24.2. The van der Waals surface area contributed by atoms with Crippen LogP contribution in [-0.2, 0) is 23.1 Å². The lowest BCUT2D eigenvalue weighted by molar-refractivity contribution is 0.0965. The molecule has 0 radical (unpaired) electrons. The Morgan fingerprint density at radius 1 is 1.44 bits per heavy atom. The first-order valence-corrected chi connectivity index (χ1v) is 6.69. The van der Waals surface area contributed by atoms with E-state index in [0.717, 1.165) is 17.4 Å². The smallest absolute Gasteiger partial charge is 0.251 e. The lowest BCUT2D eigenvalue weighted by Gasteiger charge is -2.04. The average Bonchev–Trinajstić information content (AvgIpc) is 2.56. The van der Waals surface area contributed by atoms with E-state index in [9.17, 15) is 13.2 Å². The van der Waals surface area contributed by atoms with E-state index in [0.29, 0.717) is 12.1 Å². The van der Waals surface area contributed by atoms with Gasteiger partial charge in [-0.1, -0.05) is 12.1 Å². The molecule has 0 saturated carbocycles. The van der Waals surface area contributed by atoms with E-state index in [4.69, 9.17) is 0 Å². The molecule has 0 aromatic heterocycles. The second-order valence-electron chi connectivity index (χ2n) is 3.77. The minimum atomic E-state index is -3.18. The fourth-order valence-corrected chi connectivity index (χ4v) is 2.04. The molecule has 1 aromatic carbocycles. The van der Waals surface area contributed by atoms with Gasteiger partial charge < -0.3 is 5.32 Å². The first-order chi connectivity index (χ1) is 7.46. The molecule has 5 nitrogen and oxygen atoms in total. The minimum absolute atomic E-state index is 0.0716.